The number of halogens is 2. The van der Waals surface area contributed by atoms with Gasteiger partial charge in [0.2, 0.25) is 15.9 Å². The Morgan fingerprint density at radius 3 is 2.46 bits per heavy atom. The maximum absolute atomic E-state index is 12.8. The molecule has 0 aliphatic carbocycles. The molecule has 1 N–H and O–H groups in total. The van der Waals surface area contributed by atoms with Crippen molar-refractivity contribution in [3.05, 3.63) is 33.8 Å². The van der Waals surface area contributed by atoms with Gasteiger partial charge in [-0.1, -0.05) is 43.1 Å². The molecule has 26 heavy (non-hydrogen) atoms. The summed E-state index contributed by atoms with van der Waals surface area (Å²) in [5, 5.41) is 3.65. The van der Waals surface area contributed by atoms with Crippen molar-refractivity contribution in [2.75, 3.05) is 13.1 Å². The van der Waals surface area contributed by atoms with Crippen molar-refractivity contribution >= 4 is 39.1 Å². The predicted octanol–water partition coefficient (Wildman–Crippen LogP) is 3.70. The highest BCUT2D eigenvalue weighted by Gasteiger charge is 2.33. The summed E-state index contributed by atoms with van der Waals surface area (Å²) in [6.45, 7) is 6.64. The summed E-state index contributed by atoms with van der Waals surface area (Å²) in [5.41, 5.74) is 0.399. The van der Waals surface area contributed by atoms with Crippen LogP contribution in [0.2, 0.25) is 10.0 Å². The molecule has 0 radical (unpaired) electrons. The summed E-state index contributed by atoms with van der Waals surface area (Å²) in [7, 11) is -3.61. The standard InChI is InChI=1S/C18H26Cl2N2O3S/c1-12(2)13(3)21-18(23)14-6-5-9-22(10-14)26(24,25)11-15-16(19)7-4-8-17(15)20/h4,7-8,12-14H,5-6,9-11H2,1-3H3,(H,21,23). The van der Waals surface area contributed by atoms with Crippen LogP contribution in [0.15, 0.2) is 18.2 Å². The minimum Gasteiger partial charge on any atom is -0.353 e. The Bertz CT molecular complexity index is 733. The Labute approximate surface area is 166 Å². The van der Waals surface area contributed by atoms with Crippen molar-refractivity contribution in [3.8, 4) is 0 Å². The predicted molar refractivity (Wildman–Crippen MR) is 106 cm³/mol. The number of rotatable bonds is 6. The van der Waals surface area contributed by atoms with Gasteiger partial charge in [0, 0.05) is 34.7 Å². The Hall–Kier alpha value is -0.820. The molecule has 2 rings (SSSR count). The molecule has 2 unspecified atom stereocenters. The lowest BCUT2D eigenvalue weighted by Gasteiger charge is -2.32. The summed E-state index contributed by atoms with van der Waals surface area (Å²) in [5.74, 6) is -0.351. The molecule has 0 saturated carbocycles. The number of nitrogens with one attached hydrogen (secondary N) is 1. The Morgan fingerprint density at radius 1 is 1.27 bits per heavy atom. The van der Waals surface area contributed by atoms with Gasteiger partial charge in [-0.3, -0.25) is 4.79 Å². The second-order valence-corrected chi connectivity index (χ2v) is 9.98. The van der Waals surface area contributed by atoms with Crippen LogP contribution in [0, 0.1) is 11.8 Å². The van der Waals surface area contributed by atoms with Gasteiger partial charge >= 0.3 is 0 Å². The van der Waals surface area contributed by atoms with Crippen molar-refractivity contribution < 1.29 is 13.2 Å². The number of sulfonamides is 1. The van der Waals surface area contributed by atoms with E-state index in [1.165, 1.54) is 4.31 Å². The summed E-state index contributed by atoms with van der Waals surface area (Å²) < 4.78 is 27.1. The van der Waals surface area contributed by atoms with Crippen molar-refractivity contribution in [2.24, 2.45) is 11.8 Å². The molecule has 0 aromatic heterocycles. The number of piperidine rings is 1. The smallest absolute Gasteiger partial charge is 0.224 e. The van der Waals surface area contributed by atoms with Gasteiger partial charge in [-0.25, -0.2) is 12.7 Å². The van der Waals surface area contributed by atoms with Gasteiger partial charge in [-0.05, 0) is 37.8 Å². The van der Waals surface area contributed by atoms with Gasteiger partial charge in [-0.15, -0.1) is 0 Å². The third kappa shape index (κ3) is 5.35. The largest absolute Gasteiger partial charge is 0.353 e. The number of carbonyl (C=O) groups is 1. The number of hydrogen-bond donors (Lipinski definition) is 1. The normalized spacial score (nSPS) is 20.2. The Kier molecular flexibility index (Phi) is 7.36. The van der Waals surface area contributed by atoms with Crippen LogP contribution >= 0.6 is 23.2 Å². The van der Waals surface area contributed by atoms with E-state index in [-0.39, 0.29) is 30.2 Å². The molecule has 0 spiro atoms. The van der Waals surface area contributed by atoms with Crippen LogP contribution in [0.25, 0.3) is 0 Å². The SMILES string of the molecule is CC(C)C(C)NC(=O)C1CCCN(S(=O)(=O)Cc2c(Cl)cccc2Cl)C1. The summed E-state index contributed by atoms with van der Waals surface area (Å²) in [6.07, 6.45) is 1.35. The highest BCUT2D eigenvalue weighted by molar-refractivity contribution is 7.88. The molecule has 1 aliphatic heterocycles. The minimum absolute atomic E-state index is 0.0522. The first-order valence-corrected chi connectivity index (χ1v) is 11.2. The van der Waals surface area contributed by atoms with Crippen molar-refractivity contribution in [1.82, 2.24) is 9.62 Å². The average Bonchev–Trinajstić information content (AvgIpc) is 2.58. The highest BCUT2D eigenvalue weighted by Crippen LogP contribution is 2.29. The summed E-state index contributed by atoms with van der Waals surface area (Å²) in [4.78, 5) is 12.5. The van der Waals surface area contributed by atoms with E-state index in [0.29, 0.717) is 40.9 Å². The van der Waals surface area contributed by atoms with Gasteiger partial charge < -0.3 is 5.32 Å². The van der Waals surface area contributed by atoms with E-state index in [0.717, 1.165) is 0 Å². The van der Waals surface area contributed by atoms with Gasteiger partial charge in [-0.2, -0.15) is 0 Å². The molecular formula is C18H26Cl2N2O3S. The van der Waals surface area contributed by atoms with E-state index < -0.39 is 10.0 Å². The van der Waals surface area contributed by atoms with E-state index in [4.69, 9.17) is 23.2 Å². The van der Waals surface area contributed by atoms with E-state index in [1.807, 2.05) is 20.8 Å². The summed E-state index contributed by atoms with van der Waals surface area (Å²) >= 11 is 12.2. The van der Waals surface area contributed by atoms with Crippen LogP contribution in [-0.2, 0) is 20.6 Å². The molecule has 1 aliphatic rings. The maximum Gasteiger partial charge on any atom is 0.224 e. The number of amides is 1. The summed E-state index contributed by atoms with van der Waals surface area (Å²) in [6, 6.07) is 4.98. The average molecular weight is 421 g/mol. The molecule has 1 aromatic rings. The first-order valence-electron chi connectivity index (χ1n) is 8.83. The highest BCUT2D eigenvalue weighted by atomic mass is 35.5. The zero-order chi connectivity index (χ0) is 19.5. The number of nitrogens with zero attached hydrogens (tertiary/aromatic N) is 1. The Morgan fingerprint density at radius 2 is 1.88 bits per heavy atom. The van der Waals surface area contributed by atoms with Gasteiger partial charge in [0.15, 0.2) is 0 Å². The van der Waals surface area contributed by atoms with E-state index >= 15 is 0 Å². The first kappa shape index (κ1) is 21.5. The zero-order valence-corrected chi connectivity index (χ0v) is 17.7. The lowest BCUT2D eigenvalue weighted by molar-refractivity contribution is -0.127. The molecule has 8 heteroatoms. The fraction of sp³-hybridized carbons (Fsp3) is 0.611. The molecule has 5 nitrogen and oxygen atoms in total. The van der Waals surface area contributed by atoms with Crippen LogP contribution in [0.4, 0.5) is 0 Å². The maximum atomic E-state index is 12.8. The molecule has 1 amide bonds. The monoisotopic (exact) mass is 420 g/mol. The molecular weight excluding hydrogens is 395 g/mol. The molecule has 2 atom stereocenters. The van der Waals surface area contributed by atoms with E-state index in [2.05, 4.69) is 5.32 Å². The number of hydrogen-bond acceptors (Lipinski definition) is 3. The first-order chi connectivity index (χ1) is 12.1. The minimum atomic E-state index is -3.61. The Balaban J connectivity index is 2.09. The third-order valence-corrected chi connectivity index (χ3v) is 7.39. The van der Waals surface area contributed by atoms with E-state index in [9.17, 15) is 13.2 Å². The van der Waals surface area contributed by atoms with Crippen LogP contribution in [-0.4, -0.2) is 37.8 Å². The number of benzene rings is 1. The second kappa shape index (κ2) is 8.91. The van der Waals surface area contributed by atoms with Gasteiger partial charge in [0.05, 0.1) is 11.7 Å². The topological polar surface area (TPSA) is 66.5 Å². The van der Waals surface area contributed by atoms with Crippen molar-refractivity contribution in [1.29, 1.82) is 0 Å². The second-order valence-electron chi connectivity index (χ2n) is 7.19. The van der Waals surface area contributed by atoms with Gasteiger partial charge in [0.1, 0.15) is 0 Å². The molecule has 0 bridgehead atoms. The molecule has 1 fully saturated rings. The third-order valence-electron chi connectivity index (χ3n) is 4.91. The lowest BCUT2D eigenvalue weighted by Crippen LogP contribution is -2.48. The lowest BCUT2D eigenvalue weighted by atomic mass is 9.97. The van der Waals surface area contributed by atoms with Crippen LogP contribution in [0.3, 0.4) is 0 Å². The van der Waals surface area contributed by atoms with Crippen LogP contribution < -0.4 is 5.32 Å². The molecule has 146 valence electrons. The van der Waals surface area contributed by atoms with Crippen molar-refractivity contribution in [2.45, 2.75) is 45.4 Å². The molecule has 1 heterocycles. The van der Waals surface area contributed by atoms with E-state index in [1.54, 1.807) is 18.2 Å². The number of carbonyl (C=O) groups excluding carboxylic acids is 1. The fourth-order valence-corrected chi connectivity index (χ4v) is 5.22. The zero-order valence-electron chi connectivity index (χ0n) is 15.3. The van der Waals surface area contributed by atoms with Crippen molar-refractivity contribution in [3.63, 3.8) is 0 Å². The fourth-order valence-electron chi connectivity index (χ4n) is 2.86. The van der Waals surface area contributed by atoms with Gasteiger partial charge in [0.25, 0.3) is 0 Å². The molecule has 1 saturated heterocycles. The van der Waals surface area contributed by atoms with Crippen LogP contribution in [0.5, 0.6) is 0 Å². The molecule has 1 aromatic carbocycles. The quantitative estimate of drug-likeness (QED) is 0.762. The van der Waals surface area contributed by atoms with Crippen LogP contribution in [0.1, 0.15) is 39.2 Å².